The van der Waals surface area contributed by atoms with Crippen LogP contribution in [0.3, 0.4) is 0 Å². The molecule has 3 aliphatic rings. The largest absolute Gasteiger partial charge is 0.348 e. The fourth-order valence-electron chi connectivity index (χ4n) is 2.58. The minimum atomic E-state index is -3.36. The molecule has 114 valence electrons. The zero-order chi connectivity index (χ0) is 14.9. The first-order chi connectivity index (χ1) is 10.0. The monoisotopic (exact) mass is 310 g/mol. The van der Waals surface area contributed by atoms with E-state index in [0.29, 0.717) is 18.0 Å². The molecular weight excluding hydrogens is 292 g/mol. The molecule has 0 radical (unpaired) electrons. The van der Waals surface area contributed by atoms with Gasteiger partial charge in [-0.2, -0.15) is 0 Å². The molecule has 0 aromatic rings. The van der Waals surface area contributed by atoms with Gasteiger partial charge in [0.05, 0.1) is 11.3 Å². The van der Waals surface area contributed by atoms with E-state index >= 15 is 0 Å². The highest BCUT2D eigenvalue weighted by Crippen LogP contribution is 2.16. The van der Waals surface area contributed by atoms with Crippen molar-refractivity contribution in [2.45, 2.75) is 18.9 Å². The van der Waals surface area contributed by atoms with Gasteiger partial charge < -0.3 is 15.5 Å². The third kappa shape index (κ3) is 3.33. The van der Waals surface area contributed by atoms with Crippen molar-refractivity contribution in [3.8, 4) is 0 Å². The van der Waals surface area contributed by atoms with Crippen molar-refractivity contribution in [3.63, 3.8) is 0 Å². The topological polar surface area (TPSA) is 90.9 Å². The lowest BCUT2D eigenvalue weighted by Gasteiger charge is -2.28. The van der Waals surface area contributed by atoms with Crippen LogP contribution in [0.4, 0.5) is 0 Å². The number of nitrogens with one attached hydrogen (secondary N) is 2. The first kappa shape index (κ1) is 14.3. The summed E-state index contributed by atoms with van der Waals surface area (Å²) in [5.74, 6) is 0.215. The zero-order valence-corrected chi connectivity index (χ0v) is 12.4. The Labute approximate surface area is 123 Å². The molecule has 0 aliphatic carbocycles. The van der Waals surface area contributed by atoms with Crippen LogP contribution in [0, 0.1) is 0 Å². The Hall–Kier alpha value is -1.67. The van der Waals surface area contributed by atoms with E-state index in [9.17, 15) is 13.2 Å². The van der Waals surface area contributed by atoms with E-state index in [1.54, 1.807) is 23.3 Å². The Morgan fingerprint density at radius 1 is 1.43 bits per heavy atom. The number of carbonyl (C=O) groups is 1. The van der Waals surface area contributed by atoms with Gasteiger partial charge in [0, 0.05) is 25.3 Å². The van der Waals surface area contributed by atoms with Gasteiger partial charge in [0.1, 0.15) is 5.84 Å². The molecule has 1 atom stereocenters. The predicted molar refractivity (Wildman–Crippen MR) is 79.2 cm³/mol. The zero-order valence-electron chi connectivity index (χ0n) is 11.6. The first-order valence-electron chi connectivity index (χ1n) is 7.04. The predicted octanol–water partition coefficient (Wildman–Crippen LogP) is -0.648. The number of fused-ring (bicyclic) bond motifs is 1. The maximum absolute atomic E-state index is 12.2. The molecule has 8 heteroatoms. The molecule has 0 aromatic carbocycles. The first-order valence-corrected chi connectivity index (χ1v) is 8.65. The van der Waals surface area contributed by atoms with Crippen LogP contribution in [0.15, 0.2) is 28.3 Å². The summed E-state index contributed by atoms with van der Waals surface area (Å²) in [5.41, 5.74) is 0.527. The molecule has 1 saturated heterocycles. The molecule has 3 aliphatic heterocycles. The van der Waals surface area contributed by atoms with E-state index in [1.807, 2.05) is 0 Å². The van der Waals surface area contributed by atoms with Gasteiger partial charge in [-0.25, -0.2) is 8.42 Å². The van der Waals surface area contributed by atoms with Crippen molar-refractivity contribution >= 4 is 21.8 Å². The minimum absolute atomic E-state index is 0.0255. The molecule has 0 unspecified atom stereocenters. The van der Waals surface area contributed by atoms with E-state index in [2.05, 4.69) is 15.0 Å². The van der Waals surface area contributed by atoms with Crippen molar-refractivity contribution in [3.05, 3.63) is 23.9 Å². The standard InChI is InChI=1S/C13H18N4O3S/c18-13(15-11-2-1-5-14-8-11)10-3-4-12-16-21(19,20)7-6-17(12)9-10/h3-4,9,11,14H,1-2,5-8H2,(H,15,18)/t11-/m0/s1. The Morgan fingerprint density at radius 2 is 2.29 bits per heavy atom. The molecule has 0 aromatic heterocycles. The molecule has 21 heavy (non-hydrogen) atoms. The van der Waals surface area contributed by atoms with Gasteiger partial charge in [-0.05, 0) is 31.5 Å². The average molecular weight is 310 g/mol. The highest BCUT2D eigenvalue weighted by atomic mass is 32.2. The minimum Gasteiger partial charge on any atom is -0.348 e. The summed E-state index contributed by atoms with van der Waals surface area (Å²) >= 11 is 0. The average Bonchev–Trinajstić information content (AvgIpc) is 2.47. The number of amidine groups is 1. The number of hydrogen-bond acceptors (Lipinski definition) is 5. The van der Waals surface area contributed by atoms with Crippen molar-refractivity contribution in [2.75, 3.05) is 25.4 Å². The fraction of sp³-hybridized carbons (Fsp3) is 0.538. The molecule has 0 bridgehead atoms. The van der Waals surface area contributed by atoms with Crippen molar-refractivity contribution in [2.24, 2.45) is 4.40 Å². The lowest BCUT2D eigenvalue weighted by atomic mass is 10.1. The Kier molecular flexibility index (Phi) is 3.81. The quantitative estimate of drug-likeness (QED) is 0.707. The van der Waals surface area contributed by atoms with Crippen molar-refractivity contribution in [1.82, 2.24) is 15.5 Å². The SMILES string of the molecule is O=C(N[C@H]1CCCNC1)C1=CN2CCS(=O)(=O)N=C2C=C1. The van der Waals surface area contributed by atoms with Crippen LogP contribution in [0.25, 0.3) is 0 Å². The van der Waals surface area contributed by atoms with Gasteiger partial charge in [-0.15, -0.1) is 4.40 Å². The van der Waals surface area contributed by atoms with Crippen LogP contribution < -0.4 is 10.6 Å². The molecule has 3 heterocycles. The highest BCUT2D eigenvalue weighted by Gasteiger charge is 2.25. The van der Waals surface area contributed by atoms with Gasteiger partial charge in [-0.3, -0.25) is 4.79 Å². The Balaban J connectivity index is 1.69. The van der Waals surface area contributed by atoms with Gasteiger partial charge in [-0.1, -0.05) is 0 Å². The van der Waals surface area contributed by atoms with Crippen LogP contribution in [0.1, 0.15) is 12.8 Å². The third-order valence-corrected chi connectivity index (χ3v) is 4.88. The summed E-state index contributed by atoms with van der Waals surface area (Å²) in [7, 11) is -3.36. The Bertz CT molecular complexity index is 630. The van der Waals surface area contributed by atoms with Gasteiger partial charge in [0.2, 0.25) is 0 Å². The molecular formula is C13H18N4O3S. The number of piperidine rings is 1. The lowest BCUT2D eigenvalue weighted by molar-refractivity contribution is -0.118. The fourth-order valence-corrected chi connectivity index (χ4v) is 3.55. The summed E-state index contributed by atoms with van der Waals surface area (Å²) in [4.78, 5) is 13.9. The summed E-state index contributed by atoms with van der Waals surface area (Å²) in [6, 6.07) is 0.150. The van der Waals surface area contributed by atoms with E-state index < -0.39 is 10.0 Å². The number of sulfonamides is 1. The number of rotatable bonds is 2. The van der Waals surface area contributed by atoms with Crippen molar-refractivity contribution in [1.29, 1.82) is 0 Å². The number of hydrogen-bond donors (Lipinski definition) is 2. The molecule has 3 rings (SSSR count). The van der Waals surface area contributed by atoms with E-state index in [0.717, 1.165) is 25.9 Å². The van der Waals surface area contributed by atoms with Crippen molar-refractivity contribution < 1.29 is 13.2 Å². The Morgan fingerprint density at radius 3 is 3.05 bits per heavy atom. The molecule has 2 N–H and O–H groups in total. The number of nitrogens with zero attached hydrogens (tertiary/aromatic N) is 2. The number of amides is 1. The normalized spacial score (nSPS) is 27.4. The van der Waals surface area contributed by atoms with Gasteiger partial charge >= 0.3 is 0 Å². The molecule has 1 amide bonds. The van der Waals surface area contributed by atoms with Gasteiger partial charge in [0.25, 0.3) is 15.9 Å². The summed E-state index contributed by atoms with van der Waals surface area (Å²) in [6.07, 6.45) is 6.89. The van der Waals surface area contributed by atoms with Crippen LogP contribution in [0.2, 0.25) is 0 Å². The summed E-state index contributed by atoms with van der Waals surface area (Å²) in [5, 5.41) is 6.24. The third-order valence-electron chi connectivity index (χ3n) is 3.72. The van der Waals surface area contributed by atoms with Crippen LogP contribution >= 0.6 is 0 Å². The smallest absolute Gasteiger partial charge is 0.256 e. The second-order valence-electron chi connectivity index (χ2n) is 5.36. The van der Waals surface area contributed by atoms with Gasteiger partial charge in [0.15, 0.2) is 0 Å². The maximum Gasteiger partial charge on any atom is 0.256 e. The maximum atomic E-state index is 12.2. The molecule has 1 fully saturated rings. The highest BCUT2D eigenvalue weighted by molar-refractivity contribution is 7.90. The van der Waals surface area contributed by atoms with E-state index in [4.69, 9.17) is 0 Å². The molecule has 0 spiro atoms. The molecule has 0 saturated carbocycles. The van der Waals surface area contributed by atoms with Crippen LogP contribution in [-0.2, 0) is 14.8 Å². The summed E-state index contributed by atoms with van der Waals surface area (Å²) < 4.78 is 26.5. The van der Waals surface area contributed by atoms with E-state index in [-0.39, 0.29) is 17.7 Å². The lowest BCUT2D eigenvalue weighted by Crippen LogP contribution is -2.46. The second kappa shape index (κ2) is 5.61. The molecule has 7 nitrogen and oxygen atoms in total. The summed E-state index contributed by atoms with van der Waals surface area (Å²) in [6.45, 7) is 2.11. The van der Waals surface area contributed by atoms with Crippen LogP contribution in [-0.4, -0.2) is 56.5 Å². The number of carbonyl (C=O) groups excluding carboxylic acids is 1. The van der Waals surface area contributed by atoms with Crippen LogP contribution in [0.5, 0.6) is 0 Å². The van der Waals surface area contributed by atoms with E-state index in [1.165, 1.54) is 0 Å². The second-order valence-corrected chi connectivity index (χ2v) is 7.12.